The minimum absolute atomic E-state index is 0.196. The molecule has 3 rings (SSSR count). The van der Waals surface area contributed by atoms with Gasteiger partial charge in [-0.2, -0.15) is 0 Å². The molecule has 2 amide bonds. The van der Waals surface area contributed by atoms with E-state index in [-0.39, 0.29) is 28.7 Å². The number of benzene rings is 3. The first-order valence-corrected chi connectivity index (χ1v) is 11.4. The van der Waals surface area contributed by atoms with Crippen molar-refractivity contribution in [3.05, 3.63) is 88.5 Å². The third-order valence-electron chi connectivity index (χ3n) is 4.31. The van der Waals surface area contributed by atoms with Crippen molar-refractivity contribution in [2.24, 2.45) is 0 Å². The lowest BCUT2D eigenvalue weighted by molar-refractivity contribution is -0.385. The van der Waals surface area contributed by atoms with Gasteiger partial charge in [-0.15, -0.1) is 0 Å². The van der Waals surface area contributed by atoms with Crippen molar-refractivity contribution >= 4 is 38.7 Å². The normalized spacial score (nSPS) is 10.8. The molecule has 0 aliphatic carbocycles. The lowest BCUT2D eigenvalue weighted by Crippen LogP contribution is -2.20. The van der Waals surface area contributed by atoms with Gasteiger partial charge in [-0.3, -0.25) is 19.7 Å². The van der Waals surface area contributed by atoms with Crippen LogP contribution in [0.25, 0.3) is 0 Å². The molecule has 170 valence electrons. The number of non-ortho nitro benzene ring substituents is 1. The number of hydrogen-bond acceptors (Lipinski definition) is 7. The highest BCUT2D eigenvalue weighted by Gasteiger charge is 2.19. The summed E-state index contributed by atoms with van der Waals surface area (Å²) in [5.41, 5.74) is 0.189. The van der Waals surface area contributed by atoms with E-state index in [0.29, 0.717) is 11.4 Å². The van der Waals surface area contributed by atoms with Crippen LogP contribution >= 0.6 is 0 Å². The second-order valence-electron chi connectivity index (χ2n) is 6.93. The second kappa shape index (κ2) is 9.92. The molecule has 0 aliphatic heterocycles. The highest BCUT2D eigenvalue weighted by atomic mass is 32.2. The number of nitro groups is 1. The average molecular weight is 469 g/mol. The number of hydrogen-bond donors (Lipinski definition) is 2. The largest absolute Gasteiger partial charge is 0.484 e. The Morgan fingerprint density at radius 2 is 1.64 bits per heavy atom. The lowest BCUT2D eigenvalue weighted by atomic mass is 10.2. The number of nitro benzene ring substituents is 1. The van der Waals surface area contributed by atoms with Crippen LogP contribution in [0.2, 0.25) is 0 Å². The monoisotopic (exact) mass is 469 g/mol. The van der Waals surface area contributed by atoms with Crippen LogP contribution in [0.4, 0.5) is 17.1 Å². The van der Waals surface area contributed by atoms with Gasteiger partial charge in [0, 0.05) is 41.4 Å². The molecule has 3 aromatic carbocycles. The van der Waals surface area contributed by atoms with E-state index >= 15 is 0 Å². The molecule has 0 unspecified atom stereocenters. The number of amides is 2. The number of nitrogens with one attached hydrogen (secondary N) is 2. The molecule has 10 nitrogen and oxygen atoms in total. The second-order valence-corrected chi connectivity index (χ2v) is 8.95. The molecule has 11 heteroatoms. The number of rotatable bonds is 8. The van der Waals surface area contributed by atoms with E-state index in [1.807, 2.05) is 6.07 Å². The van der Waals surface area contributed by atoms with Crippen molar-refractivity contribution in [1.29, 1.82) is 0 Å². The summed E-state index contributed by atoms with van der Waals surface area (Å²) < 4.78 is 29.1. The molecule has 0 aliphatic rings. The molecule has 33 heavy (non-hydrogen) atoms. The number of carbonyl (C=O) groups excluding carboxylic acids is 2. The summed E-state index contributed by atoms with van der Waals surface area (Å²) >= 11 is 0. The quantitative estimate of drug-likeness (QED) is 0.380. The number of anilines is 2. The number of nitrogens with zero attached hydrogens (tertiary/aromatic N) is 1. The van der Waals surface area contributed by atoms with Crippen molar-refractivity contribution in [2.75, 3.05) is 23.5 Å². The van der Waals surface area contributed by atoms with Gasteiger partial charge in [0.2, 0.25) is 0 Å². The number of sulfone groups is 1. The zero-order chi connectivity index (χ0) is 24.0. The molecule has 0 atom stereocenters. The fourth-order valence-electron chi connectivity index (χ4n) is 2.77. The molecule has 3 aromatic rings. The number of carbonyl (C=O) groups is 2. The van der Waals surface area contributed by atoms with E-state index in [1.165, 1.54) is 6.07 Å². The van der Waals surface area contributed by atoms with Gasteiger partial charge in [0.25, 0.3) is 17.5 Å². The SMILES string of the molecule is CS(=O)(=O)c1cc(C(=O)Nc2cccc(OCC(=O)Nc3ccccc3)c2)cc([N+](=O)[O-])c1. The van der Waals surface area contributed by atoms with Gasteiger partial charge in [-0.25, -0.2) is 8.42 Å². The van der Waals surface area contributed by atoms with Gasteiger partial charge >= 0.3 is 0 Å². The molecule has 0 heterocycles. The van der Waals surface area contributed by atoms with Gasteiger partial charge < -0.3 is 15.4 Å². The van der Waals surface area contributed by atoms with Crippen LogP contribution in [0.1, 0.15) is 10.4 Å². The fourth-order valence-corrected chi connectivity index (χ4v) is 3.44. The molecular formula is C22H19N3O7S. The standard InChI is InChI=1S/C22H19N3O7S/c1-33(30,31)20-11-15(10-18(13-20)25(28)29)22(27)24-17-8-5-9-19(12-17)32-14-21(26)23-16-6-3-2-4-7-16/h2-13H,14H2,1H3,(H,23,26)(H,24,27). The summed E-state index contributed by atoms with van der Waals surface area (Å²) in [6, 6.07) is 18.0. The Morgan fingerprint density at radius 3 is 2.30 bits per heavy atom. The van der Waals surface area contributed by atoms with E-state index in [9.17, 15) is 28.1 Å². The maximum absolute atomic E-state index is 12.6. The number of para-hydroxylation sites is 1. The minimum Gasteiger partial charge on any atom is -0.484 e. The molecule has 0 saturated heterocycles. The zero-order valence-electron chi connectivity index (χ0n) is 17.3. The maximum atomic E-state index is 12.6. The van der Waals surface area contributed by atoms with Crippen LogP contribution in [0.3, 0.4) is 0 Å². The van der Waals surface area contributed by atoms with Gasteiger partial charge in [0.05, 0.1) is 9.82 Å². The molecule has 0 spiro atoms. The molecule has 2 N–H and O–H groups in total. The summed E-state index contributed by atoms with van der Waals surface area (Å²) in [5, 5.41) is 16.3. The molecule has 0 saturated carbocycles. The third-order valence-corrected chi connectivity index (χ3v) is 5.40. The van der Waals surface area contributed by atoms with E-state index < -0.39 is 26.4 Å². The van der Waals surface area contributed by atoms with Gasteiger partial charge in [0.1, 0.15) is 5.75 Å². The summed E-state index contributed by atoms with van der Waals surface area (Å²) in [5.74, 6) is -0.824. The van der Waals surface area contributed by atoms with E-state index in [1.54, 1.807) is 42.5 Å². The Hall–Kier alpha value is -4.25. The summed E-state index contributed by atoms with van der Waals surface area (Å²) in [6.45, 7) is -0.269. The van der Waals surface area contributed by atoms with Crippen molar-refractivity contribution in [3.63, 3.8) is 0 Å². The molecule has 0 radical (unpaired) electrons. The zero-order valence-corrected chi connectivity index (χ0v) is 18.2. The molecule has 0 aromatic heterocycles. The first kappa shape index (κ1) is 23.4. The summed E-state index contributed by atoms with van der Waals surface area (Å²) in [6.07, 6.45) is 0.891. The fraction of sp³-hybridized carbons (Fsp3) is 0.0909. The smallest absolute Gasteiger partial charge is 0.271 e. The summed E-state index contributed by atoms with van der Waals surface area (Å²) in [4.78, 5) is 34.6. The maximum Gasteiger partial charge on any atom is 0.271 e. The van der Waals surface area contributed by atoms with Gasteiger partial charge in [0.15, 0.2) is 16.4 Å². The highest BCUT2D eigenvalue weighted by Crippen LogP contribution is 2.23. The van der Waals surface area contributed by atoms with E-state index in [4.69, 9.17) is 4.74 Å². The van der Waals surface area contributed by atoms with Crippen molar-refractivity contribution in [2.45, 2.75) is 4.90 Å². The Bertz CT molecular complexity index is 1310. The topological polar surface area (TPSA) is 145 Å². The first-order chi connectivity index (χ1) is 15.6. The van der Waals surface area contributed by atoms with Crippen molar-refractivity contribution in [3.8, 4) is 5.75 Å². The molecular weight excluding hydrogens is 450 g/mol. The van der Waals surface area contributed by atoms with Gasteiger partial charge in [-0.1, -0.05) is 24.3 Å². The van der Waals surface area contributed by atoms with Crippen molar-refractivity contribution < 1.29 is 27.7 Å². The molecule has 0 fully saturated rings. The van der Waals surface area contributed by atoms with Crippen LogP contribution in [0.5, 0.6) is 5.75 Å². The number of ether oxygens (including phenoxy) is 1. The molecule has 0 bridgehead atoms. The predicted octanol–water partition coefficient (Wildman–Crippen LogP) is 3.27. The third kappa shape index (κ3) is 6.61. The first-order valence-electron chi connectivity index (χ1n) is 9.50. The Kier molecular flexibility index (Phi) is 7.04. The van der Waals surface area contributed by atoms with E-state index in [0.717, 1.165) is 24.5 Å². The Balaban J connectivity index is 1.70. The highest BCUT2D eigenvalue weighted by molar-refractivity contribution is 7.90. The van der Waals surface area contributed by atoms with E-state index in [2.05, 4.69) is 10.6 Å². The summed E-state index contributed by atoms with van der Waals surface area (Å²) in [7, 11) is -3.77. The van der Waals surface area contributed by atoms with Crippen LogP contribution in [0.15, 0.2) is 77.7 Å². The van der Waals surface area contributed by atoms with Crippen LogP contribution in [-0.2, 0) is 14.6 Å². The minimum atomic E-state index is -3.77. The average Bonchev–Trinajstić information content (AvgIpc) is 2.77. The van der Waals surface area contributed by atoms with Crippen LogP contribution < -0.4 is 15.4 Å². The lowest BCUT2D eigenvalue weighted by Gasteiger charge is -2.10. The van der Waals surface area contributed by atoms with Crippen LogP contribution in [0, 0.1) is 10.1 Å². The Labute approximate surface area is 189 Å². The van der Waals surface area contributed by atoms with Crippen LogP contribution in [-0.4, -0.2) is 38.0 Å². The Morgan fingerprint density at radius 1 is 0.939 bits per heavy atom. The van der Waals surface area contributed by atoms with Gasteiger partial charge in [-0.05, 0) is 30.3 Å². The van der Waals surface area contributed by atoms with Crippen molar-refractivity contribution in [1.82, 2.24) is 0 Å². The predicted molar refractivity (Wildman–Crippen MR) is 121 cm³/mol.